The standard InChI is InChI=1S/C15H24N2O3/c1-4-19-14(20-5-2)10-11-17-15(18)12-6-8-13(16-3)9-7-12/h6-9,14,16H,4-5,10-11H2,1-3H3,(H,17,18). The highest BCUT2D eigenvalue weighted by Crippen LogP contribution is 2.08. The summed E-state index contributed by atoms with van der Waals surface area (Å²) in [5.74, 6) is -0.0839. The third-order valence-corrected chi connectivity index (χ3v) is 2.81. The summed E-state index contributed by atoms with van der Waals surface area (Å²) in [6.07, 6.45) is 0.388. The number of amides is 1. The number of hydrogen-bond acceptors (Lipinski definition) is 4. The van der Waals surface area contributed by atoms with Crippen LogP contribution in [0.25, 0.3) is 0 Å². The molecule has 20 heavy (non-hydrogen) atoms. The number of carbonyl (C=O) groups is 1. The molecule has 1 aromatic rings. The van der Waals surface area contributed by atoms with Gasteiger partial charge in [-0.1, -0.05) is 0 Å². The van der Waals surface area contributed by atoms with E-state index in [4.69, 9.17) is 9.47 Å². The van der Waals surface area contributed by atoms with Crippen LogP contribution in [0.3, 0.4) is 0 Å². The molecule has 112 valence electrons. The fourth-order valence-electron chi connectivity index (χ4n) is 1.78. The Bertz CT molecular complexity index is 387. The lowest BCUT2D eigenvalue weighted by atomic mass is 10.2. The monoisotopic (exact) mass is 280 g/mol. The molecule has 0 atom stereocenters. The molecule has 0 unspecified atom stereocenters. The van der Waals surface area contributed by atoms with Gasteiger partial charge in [0, 0.05) is 44.5 Å². The second-order valence-corrected chi connectivity index (χ2v) is 4.21. The highest BCUT2D eigenvalue weighted by atomic mass is 16.7. The first-order valence-electron chi connectivity index (χ1n) is 7.00. The maximum Gasteiger partial charge on any atom is 0.251 e. The van der Waals surface area contributed by atoms with Crippen molar-refractivity contribution in [1.29, 1.82) is 0 Å². The predicted octanol–water partition coefficient (Wildman–Crippen LogP) is 2.25. The summed E-state index contributed by atoms with van der Waals surface area (Å²) in [5.41, 5.74) is 1.63. The zero-order valence-corrected chi connectivity index (χ0v) is 12.4. The van der Waals surface area contributed by atoms with Crippen molar-refractivity contribution in [1.82, 2.24) is 5.32 Å². The van der Waals surface area contributed by atoms with Crippen molar-refractivity contribution in [2.24, 2.45) is 0 Å². The van der Waals surface area contributed by atoms with E-state index < -0.39 is 0 Å². The largest absolute Gasteiger partial charge is 0.388 e. The van der Waals surface area contributed by atoms with E-state index in [1.807, 2.05) is 33.0 Å². The fourth-order valence-corrected chi connectivity index (χ4v) is 1.78. The molecule has 2 N–H and O–H groups in total. The van der Waals surface area contributed by atoms with E-state index in [0.29, 0.717) is 31.7 Å². The van der Waals surface area contributed by atoms with Gasteiger partial charge in [-0.3, -0.25) is 4.79 Å². The lowest BCUT2D eigenvalue weighted by Crippen LogP contribution is -2.29. The summed E-state index contributed by atoms with van der Waals surface area (Å²) in [4.78, 5) is 11.9. The van der Waals surface area contributed by atoms with Crippen LogP contribution in [0.1, 0.15) is 30.6 Å². The van der Waals surface area contributed by atoms with Gasteiger partial charge in [0.05, 0.1) is 0 Å². The molecular formula is C15H24N2O3. The van der Waals surface area contributed by atoms with Crippen LogP contribution in [-0.4, -0.2) is 39.0 Å². The molecule has 0 fully saturated rings. The summed E-state index contributed by atoms with van der Waals surface area (Å²) >= 11 is 0. The van der Waals surface area contributed by atoms with E-state index in [2.05, 4.69) is 10.6 Å². The van der Waals surface area contributed by atoms with Crippen LogP contribution in [0.15, 0.2) is 24.3 Å². The molecule has 0 aromatic heterocycles. The van der Waals surface area contributed by atoms with Crippen molar-refractivity contribution in [2.75, 3.05) is 32.1 Å². The van der Waals surface area contributed by atoms with E-state index in [0.717, 1.165) is 5.69 Å². The molecule has 0 bridgehead atoms. The molecule has 0 aliphatic carbocycles. The predicted molar refractivity (Wildman–Crippen MR) is 80.0 cm³/mol. The van der Waals surface area contributed by atoms with Gasteiger partial charge in [0.25, 0.3) is 5.91 Å². The van der Waals surface area contributed by atoms with Crippen LogP contribution in [0.5, 0.6) is 0 Å². The Morgan fingerprint density at radius 2 is 1.75 bits per heavy atom. The van der Waals surface area contributed by atoms with Gasteiger partial charge in [-0.25, -0.2) is 0 Å². The molecule has 5 nitrogen and oxygen atoms in total. The van der Waals surface area contributed by atoms with Gasteiger partial charge in [-0.2, -0.15) is 0 Å². The average molecular weight is 280 g/mol. The van der Waals surface area contributed by atoms with Crippen LogP contribution in [0, 0.1) is 0 Å². The summed E-state index contributed by atoms with van der Waals surface area (Å²) in [6.45, 7) is 5.58. The molecule has 1 rings (SSSR count). The van der Waals surface area contributed by atoms with E-state index >= 15 is 0 Å². The number of hydrogen-bond donors (Lipinski definition) is 2. The Morgan fingerprint density at radius 1 is 1.15 bits per heavy atom. The molecule has 0 heterocycles. The molecule has 5 heteroatoms. The van der Waals surface area contributed by atoms with Gasteiger partial charge in [0.1, 0.15) is 0 Å². The third-order valence-electron chi connectivity index (χ3n) is 2.81. The highest BCUT2D eigenvalue weighted by Gasteiger charge is 2.09. The van der Waals surface area contributed by atoms with Crippen molar-refractivity contribution in [3.8, 4) is 0 Å². The lowest BCUT2D eigenvalue weighted by molar-refractivity contribution is -0.138. The third kappa shape index (κ3) is 5.59. The number of rotatable bonds is 9. The Balaban J connectivity index is 2.37. The summed E-state index contributed by atoms with van der Waals surface area (Å²) < 4.78 is 10.8. The Kier molecular flexibility index (Phi) is 7.69. The highest BCUT2D eigenvalue weighted by molar-refractivity contribution is 5.94. The van der Waals surface area contributed by atoms with Gasteiger partial charge < -0.3 is 20.1 Å². The quantitative estimate of drug-likeness (QED) is 0.681. The van der Waals surface area contributed by atoms with Crippen molar-refractivity contribution < 1.29 is 14.3 Å². The normalized spacial score (nSPS) is 10.6. The minimum atomic E-state index is -0.253. The minimum absolute atomic E-state index is 0.0839. The number of carbonyl (C=O) groups excluding carboxylic acids is 1. The number of ether oxygens (including phenoxy) is 2. The van der Waals surface area contributed by atoms with Crippen molar-refractivity contribution in [3.63, 3.8) is 0 Å². The molecule has 0 radical (unpaired) electrons. The van der Waals surface area contributed by atoms with Crippen molar-refractivity contribution in [2.45, 2.75) is 26.6 Å². The second kappa shape index (κ2) is 9.34. The number of nitrogens with one attached hydrogen (secondary N) is 2. The molecule has 0 saturated heterocycles. The topological polar surface area (TPSA) is 59.6 Å². The maximum absolute atomic E-state index is 11.9. The molecule has 0 spiro atoms. The van der Waals surface area contributed by atoms with Gasteiger partial charge in [0.2, 0.25) is 0 Å². The summed E-state index contributed by atoms with van der Waals surface area (Å²) in [5, 5.41) is 5.88. The average Bonchev–Trinajstić information content (AvgIpc) is 2.47. The lowest BCUT2D eigenvalue weighted by Gasteiger charge is -2.17. The number of benzene rings is 1. The van der Waals surface area contributed by atoms with E-state index in [9.17, 15) is 4.79 Å². The summed E-state index contributed by atoms with van der Waals surface area (Å²) in [6, 6.07) is 7.34. The van der Waals surface area contributed by atoms with E-state index in [-0.39, 0.29) is 12.2 Å². The number of anilines is 1. The van der Waals surface area contributed by atoms with E-state index in [1.165, 1.54) is 0 Å². The van der Waals surface area contributed by atoms with Crippen LogP contribution in [0.2, 0.25) is 0 Å². The van der Waals surface area contributed by atoms with Crippen molar-refractivity contribution >= 4 is 11.6 Å². The first kappa shape index (κ1) is 16.5. The molecule has 1 amide bonds. The van der Waals surface area contributed by atoms with Crippen LogP contribution >= 0.6 is 0 Å². The van der Waals surface area contributed by atoms with Gasteiger partial charge in [-0.15, -0.1) is 0 Å². The van der Waals surface area contributed by atoms with Gasteiger partial charge in [-0.05, 0) is 38.1 Å². The Labute approximate surface area is 120 Å². The molecule has 0 aliphatic heterocycles. The first-order chi connectivity index (χ1) is 9.71. The smallest absolute Gasteiger partial charge is 0.251 e. The van der Waals surface area contributed by atoms with Crippen molar-refractivity contribution in [3.05, 3.63) is 29.8 Å². The second-order valence-electron chi connectivity index (χ2n) is 4.21. The fraction of sp³-hybridized carbons (Fsp3) is 0.533. The zero-order valence-electron chi connectivity index (χ0n) is 12.4. The maximum atomic E-state index is 11.9. The first-order valence-corrected chi connectivity index (χ1v) is 7.00. The SMILES string of the molecule is CCOC(CCNC(=O)c1ccc(NC)cc1)OCC. The molecular weight excluding hydrogens is 256 g/mol. The zero-order chi connectivity index (χ0) is 14.8. The van der Waals surface area contributed by atoms with Crippen LogP contribution < -0.4 is 10.6 Å². The Hall–Kier alpha value is -1.59. The molecule has 0 saturated carbocycles. The summed E-state index contributed by atoms with van der Waals surface area (Å²) in [7, 11) is 1.84. The van der Waals surface area contributed by atoms with Gasteiger partial charge in [0.15, 0.2) is 6.29 Å². The van der Waals surface area contributed by atoms with Crippen LogP contribution in [-0.2, 0) is 9.47 Å². The minimum Gasteiger partial charge on any atom is -0.388 e. The van der Waals surface area contributed by atoms with Gasteiger partial charge >= 0.3 is 0 Å². The van der Waals surface area contributed by atoms with Crippen LogP contribution in [0.4, 0.5) is 5.69 Å². The Morgan fingerprint density at radius 3 is 2.25 bits per heavy atom. The molecule has 1 aromatic carbocycles. The van der Waals surface area contributed by atoms with E-state index in [1.54, 1.807) is 12.1 Å². The molecule has 0 aliphatic rings.